The highest BCUT2D eigenvalue weighted by atomic mass is 16.6. The van der Waals surface area contributed by atoms with Gasteiger partial charge in [-0.15, -0.1) is 0 Å². The van der Waals surface area contributed by atoms with Crippen LogP contribution in [0.15, 0.2) is 30.3 Å². The number of amides is 1. The lowest BCUT2D eigenvalue weighted by molar-refractivity contribution is -0.139. The fourth-order valence-corrected chi connectivity index (χ4v) is 3.55. The van der Waals surface area contributed by atoms with E-state index in [-0.39, 0.29) is 18.1 Å². The van der Waals surface area contributed by atoms with E-state index in [2.05, 4.69) is 4.90 Å². The summed E-state index contributed by atoms with van der Waals surface area (Å²) in [6.07, 6.45) is 0.162. The van der Waals surface area contributed by atoms with E-state index in [1.54, 1.807) is 0 Å². The zero-order valence-electron chi connectivity index (χ0n) is 15.3. The molecule has 1 aromatic carbocycles. The summed E-state index contributed by atoms with van der Waals surface area (Å²) in [7, 11) is 3.93. The van der Waals surface area contributed by atoms with E-state index in [1.807, 2.05) is 54.2 Å². The van der Waals surface area contributed by atoms with Crippen molar-refractivity contribution in [3.8, 4) is 0 Å². The van der Waals surface area contributed by atoms with Crippen molar-refractivity contribution in [2.24, 2.45) is 0 Å². The zero-order valence-corrected chi connectivity index (χ0v) is 15.3. The van der Waals surface area contributed by atoms with E-state index < -0.39 is 0 Å². The molecule has 1 amide bonds. The SMILES string of the molecule is CN(C)[C@H](C(=O)N1CCN(C[C@@H]2COCCO2)CC1)c1ccccc1. The molecule has 0 bridgehead atoms. The molecule has 0 saturated carbocycles. The molecule has 0 radical (unpaired) electrons. The number of hydrogen-bond acceptors (Lipinski definition) is 5. The molecule has 25 heavy (non-hydrogen) atoms. The van der Waals surface area contributed by atoms with Crippen LogP contribution in [0.25, 0.3) is 0 Å². The fourth-order valence-electron chi connectivity index (χ4n) is 3.55. The summed E-state index contributed by atoms with van der Waals surface area (Å²) < 4.78 is 11.2. The predicted octanol–water partition coefficient (Wildman–Crippen LogP) is 0.849. The summed E-state index contributed by atoms with van der Waals surface area (Å²) in [4.78, 5) is 19.4. The van der Waals surface area contributed by atoms with Crippen molar-refractivity contribution in [2.75, 3.05) is 66.6 Å². The van der Waals surface area contributed by atoms with Crippen molar-refractivity contribution < 1.29 is 14.3 Å². The minimum absolute atomic E-state index is 0.162. The number of piperazine rings is 1. The van der Waals surface area contributed by atoms with E-state index in [0.717, 1.165) is 38.3 Å². The van der Waals surface area contributed by atoms with Crippen LogP contribution in [0.3, 0.4) is 0 Å². The van der Waals surface area contributed by atoms with E-state index in [1.165, 1.54) is 0 Å². The summed E-state index contributed by atoms with van der Waals surface area (Å²) >= 11 is 0. The van der Waals surface area contributed by atoms with E-state index >= 15 is 0 Å². The van der Waals surface area contributed by atoms with Crippen molar-refractivity contribution >= 4 is 5.91 Å². The van der Waals surface area contributed by atoms with Crippen molar-refractivity contribution in [2.45, 2.75) is 12.1 Å². The number of hydrogen-bond donors (Lipinski definition) is 0. The Kier molecular flexibility index (Phi) is 6.42. The number of ether oxygens (including phenoxy) is 2. The quantitative estimate of drug-likeness (QED) is 0.790. The Morgan fingerprint density at radius 2 is 1.88 bits per heavy atom. The fraction of sp³-hybridized carbons (Fsp3) is 0.632. The van der Waals surface area contributed by atoms with Gasteiger partial charge in [-0.2, -0.15) is 0 Å². The first-order valence-electron chi connectivity index (χ1n) is 9.07. The predicted molar refractivity (Wildman–Crippen MR) is 96.4 cm³/mol. The second-order valence-corrected chi connectivity index (χ2v) is 6.97. The second-order valence-electron chi connectivity index (χ2n) is 6.97. The third-order valence-corrected chi connectivity index (χ3v) is 4.90. The van der Waals surface area contributed by atoms with E-state index in [4.69, 9.17) is 9.47 Å². The molecule has 138 valence electrons. The average molecular weight is 347 g/mol. The van der Waals surface area contributed by atoms with Gasteiger partial charge in [0.15, 0.2) is 0 Å². The van der Waals surface area contributed by atoms with Crippen LogP contribution >= 0.6 is 0 Å². The molecule has 0 unspecified atom stereocenters. The Morgan fingerprint density at radius 3 is 2.48 bits per heavy atom. The molecule has 6 heteroatoms. The molecule has 0 spiro atoms. The maximum Gasteiger partial charge on any atom is 0.244 e. The van der Waals surface area contributed by atoms with Crippen LogP contribution in [0.5, 0.6) is 0 Å². The highest BCUT2D eigenvalue weighted by Crippen LogP contribution is 2.21. The number of benzene rings is 1. The molecule has 3 rings (SSSR count). The molecule has 1 aromatic rings. The van der Waals surface area contributed by atoms with Gasteiger partial charge in [-0.3, -0.25) is 14.6 Å². The van der Waals surface area contributed by atoms with Crippen LogP contribution in [-0.4, -0.2) is 93.4 Å². The Labute approximate surface area is 150 Å². The molecule has 2 saturated heterocycles. The van der Waals surface area contributed by atoms with Crippen molar-refractivity contribution in [1.82, 2.24) is 14.7 Å². The van der Waals surface area contributed by atoms with Crippen LogP contribution in [-0.2, 0) is 14.3 Å². The largest absolute Gasteiger partial charge is 0.376 e. The smallest absolute Gasteiger partial charge is 0.244 e. The van der Waals surface area contributed by atoms with Crippen molar-refractivity contribution in [3.63, 3.8) is 0 Å². The van der Waals surface area contributed by atoms with Gasteiger partial charge in [-0.05, 0) is 19.7 Å². The van der Waals surface area contributed by atoms with Gasteiger partial charge >= 0.3 is 0 Å². The Bertz CT molecular complexity index is 538. The second kappa shape index (κ2) is 8.76. The summed E-state index contributed by atoms with van der Waals surface area (Å²) in [5.41, 5.74) is 1.05. The molecule has 2 atom stereocenters. The third kappa shape index (κ3) is 4.79. The zero-order chi connectivity index (χ0) is 17.6. The third-order valence-electron chi connectivity index (χ3n) is 4.90. The molecule has 0 aliphatic carbocycles. The number of carbonyl (C=O) groups excluding carboxylic acids is 1. The van der Waals surface area contributed by atoms with Crippen LogP contribution in [0.2, 0.25) is 0 Å². The van der Waals surface area contributed by atoms with Gasteiger partial charge in [0.1, 0.15) is 6.04 Å². The minimum atomic E-state index is -0.220. The van der Waals surface area contributed by atoms with Gasteiger partial charge in [0.2, 0.25) is 5.91 Å². The number of carbonyl (C=O) groups is 1. The van der Waals surface area contributed by atoms with E-state index in [9.17, 15) is 4.79 Å². The van der Waals surface area contributed by atoms with Gasteiger partial charge in [0.05, 0.1) is 25.9 Å². The first-order valence-corrected chi connectivity index (χ1v) is 9.07. The Balaban J connectivity index is 1.55. The number of likely N-dealkylation sites (N-methyl/N-ethyl adjacent to an activating group) is 1. The first kappa shape index (κ1) is 18.3. The number of rotatable bonds is 5. The number of nitrogens with zero attached hydrogens (tertiary/aromatic N) is 3. The maximum absolute atomic E-state index is 13.1. The molecular formula is C19H29N3O3. The average Bonchev–Trinajstić information content (AvgIpc) is 2.64. The molecule has 2 aliphatic rings. The van der Waals surface area contributed by atoms with Crippen molar-refractivity contribution in [3.05, 3.63) is 35.9 Å². The lowest BCUT2D eigenvalue weighted by Crippen LogP contribution is -2.53. The van der Waals surface area contributed by atoms with Gasteiger partial charge in [0, 0.05) is 32.7 Å². The molecule has 0 N–H and O–H groups in total. The van der Waals surface area contributed by atoms with Gasteiger partial charge < -0.3 is 14.4 Å². The van der Waals surface area contributed by atoms with E-state index in [0.29, 0.717) is 19.8 Å². The summed E-state index contributed by atoms with van der Waals surface area (Å²) in [6, 6.07) is 9.80. The Morgan fingerprint density at radius 1 is 1.16 bits per heavy atom. The Hall–Kier alpha value is -1.47. The van der Waals surface area contributed by atoms with Gasteiger partial charge in [-0.25, -0.2) is 0 Å². The van der Waals surface area contributed by atoms with Crippen LogP contribution in [0.4, 0.5) is 0 Å². The molecule has 2 fully saturated rings. The first-order chi connectivity index (χ1) is 12.1. The molecule has 2 aliphatic heterocycles. The lowest BCUT2D eigenvalue weighted by atomic mass is 10.0. The summed E-state index contributed by atoms with van der Waals surface area (Å²) in [6.45, 7) is 6.26. The highest BCUT2D eigenvalue weighted by Gasteiger charge is 2.30. The summed E-state index contributed by atoms with van der Waals surface area (Å²) in [5, 5.41) is 0. The lowest BCUT2D eigenvalue weighted by Gasteiger charge is -2.39. The maximum atomic E-state index is 13.1. The molecular weight excluding hydrogens is 318 g/mol. The molecule has 2 heterocycles. The minimum Gasteiger partial charge on any atom is -0.376 e. The van der Waals surface area contributed by atoms with Crippen molar-refractivity contribution in [1.29, 1.82) is 0 Å². The standard InChI is InChI=1S/C19H29N3O3/c1-20(2)18(16-6-4-3-5-7-16)19(23)22-10-8-21(9-11-22)14-17-15-24-12-13-25-17/h3-7,17-18H,8-15H2,1-2H3/t17-,18+/m1/s1. The molecule has 0 aromatic heterocycles. The summed E-state index contributed by atoms with van der Waals surface area (Å²) in [5.74, 6) is 0.188. The highest BCUT2D eigenvalue weighted by molar-refractivity contribution is 5.83. The van der Waals surface area contributed by atoms with Crippen LogP contribution < -0.4 is 0 Å². The monoisotopic (exact) mass is 347 g/mol. The van der Waals surface area contributed by atoms with Gasteiger partial charge in [-0.1, -0.05) is 30.3 Å². The topological polar surface area (TPSA) is 45.3 Å². The molecule has 6 nitrogen and oxygen atoms in total. The van der Waals surface area contributed by atoms with Crippen LogP contribution in [0.1, 0.15) is 11.6 Å². The van der Waals surface area contributed by atoms with Gasteiger partial charge in [0.25, 0.3) is 0 Å². The normalized spacial score (nSPS) is 23.6. The van der Waals surface area contributed by atoms with Crippen LogP contribution in [0, 0.1) is 0 Å².